The van der Waals surface area contributed by atoms with E-state index in [0.29, 0.717) is 19.1 Å². The van der Waals surface area contributed by atoms with Crippen molar-refractivity contribution in [3.05, 3.63) is 59.4 Å². The lowest BCUT2D eigenvalue weighted by Crippen LogP contribution is -2.32. The van der Waals surface area contributed by atoms with E-state index in [9.17, 15) is 4.79 Å². The average molecular weight is 476 g/mol. The van der Waals surface area contributed by atoms with E-state index in [1.165, 1.54) is 35.9 Å². The fourth-order valence-electron chi connectivity index (χ4n) is 5.18. The molecule has 1 fully saturated rings. The van der Waals surface area contributed by atoms with Gasteiger partial charge in [-0.25, -0.2) is 4.98 Å². The first-order valence-electron chi connectivity index (χ1n) is 13.5. The second kappa shape index (κ2) is 12.2. The maximum absolute atomic E-state index is 12.4. The molecule has 0 unspecified atom stereocenters. The smallest absolute Gasteiger partial charge is 0.223 e. The van der Waals surface area contributed by atoms with Crippen LogP contribution in [0.5, 0.6) is 5.75 Å². The molecule has 5 nitrogen and oxygen atoms in total. The molecular weight excluding hydrogens is 434 g/mol. The van der Waals surface area contributed by atoms with Crippen molar-refractivity contribution >= 4 is 16.9 Å². The minimum atomic E-state index is 0.220. The van der Waals surface area contributed by atoms with Crippen LogP contribution in [-0.4, -0.2) is 28.6 Å². The van der Waals surface area contributed by atoms with Crippen LogP contribution in [0.2, 0.25) is 0 Å². The number of nitrogens with zero attached hydrogens (tertiary/aromatic N) is 2. The lowest BCUT2D eigenvalue weighted by Gasteiger charge is -2.20. The number of rotatable bonds is 11. The third-order valence-corrected chi connectivity index (χ3v) is 7.16. The molecule has 0 spiro atoms. The average Bonchev–Trinajstić information content (AvgIpc) is 3.22. The monoisotopic (exact) mass is 475 g/mol. The van der Waals surface area contributed by atoms with E-state index in [0.717, 1.165) is 55.7 Å². The zero-order valence-electron chi connectivity index (χ0n) is 21.7. The van der Waals surface area contributed by atoms with Crippen LogP contribution in [0.25, 0.3) is 11.0 Å². The summed E-state index contributed by atoms with van der Waals surface area (Å²) in [5.41, 5.74) is 4.70. The summed E-state index contributed by atoms with van der Waals surface area (Å²) in [7, 11) is 0. The predicted octanol–water partition coefficient (Wildman–Crippen LogP) is 6.57. The van der Waals surface area contributed by atoms with Crippen LogP contribution in [-0.2, 0) is 17.8 Å². The highest BCUT2D eigenvalue weighted by molar-refractivity contribution is 5.78. The van der Waals surface area contributed by atoms with Crippen LogP contribution in [0.1, 0.15) is 81.7 Å². The summed E-state index contributed by atoms with van der Waals surface area (Å²) in [6.45, 7) is 8.78. The Morgan fingerprint density at radius 1 is 1.11 bits per heavy atom. The molecule has 1 aromatic heterocycles. The van der Waals surface area contributed by atoms with E-state index in [2.05, 4.69) is 67.1 Å². The first-order chi connectivity index (χ1) is 17.0. The maximum Gasteiger partial charge on any atom is 0.223 e. The molecule has 4 rings (SSSR count). The van der Waals surface area contributed by atoms with Crippen molar-refractivity contribution in [2.75, 3.05) is 13.2 Å². The molecule has 1 aliphatic rings. The minimum absolute atomic E-state index is 0.220. The van der Waals surface area contributed by atoms with Crippen molar-refractivity contribution in [1.82, 2.24) is 14.9 Å². The van der Waals surface area contributed by atoms with Gasteiger partial charge in [-0.15, -0.1) is 0 Å². The largest absolute Gasteiger partial charge is 0.493 e. The van der Waals surface area contributed by atoms with Crippen LogP contribution < -0.4 is 10.1 Å². The van der Waals surface area contributed by atoms with Gasteiger partial charge >= 0.3 is 0 Å². The van der Waals surface area contributed by atoms with Crippen LogP contribution in [0.4, 0.5) is 0 Å². The second-order valence-corrected chi connectivity index (χ2v) is 10.3. The first kappa shape index (κ1) is 25.3. The Kier molecular flexibility index (Phi) is 8.84. The highest BCUT2D eigenvalue weighted by Crippen LogP contribution is 2.28. The van der Waals surface area contributed by atoms with Gasteiger partial charge in [0.15, 0.2) is 0 Å². The van der Waals surface area contributed by atoms with Crippen molar-refractivity contribution in [1.29, 1.82) is 0 Å². The normalized spacial score (nSPS) is 14.5. The van der Waals surface area contributed by atoms with Gasteiger partial charge in [-0.1, -0.05) is 57.4 Å². The molecule has 1 N–H and O–H groups in total. The molecule has 0 aliphatic heterocycles. The second-order valence-electron chi connectivity index (χ2n) is 10.3. The van der Waals surface area contributed by atoms with E-state index < -0.39 is 0 Å². The molecule has 0 bridgehead atoms. The van der Waals surface area contributed by atoms with E-state index in [1.54, 1.807) is 0 Å². The highest BCUT2D eigenvalue weighted by Gasteiger charge is 2.20. The molecule has 1 aliphatic carbocycles. The first-order valence-corrected chi connectivity index (χ1v) is 13.5. The van der Waals surface area contributed by atoms with Crippen LogP contribution >= 0.6 is 0 Å². The van der Waals surface area contributed by atoms with Gasteiger partial charge in [0.1, 0.15) is 11.6 Å². The van der Waals surface area contributed by atoms with E-state index in [1.807, 2.05) is 6.07 Å². The number of aryl methyl sites for hydroxylation is 3. The fourth-order valence-corrected chi connectivity index (χ4v) is 5.18. The Morgan fingerprint density at radius 2 is 1.91 bits per heavy atom. The minimum Gasteiger partial charge on any atom is -0.493 e. The zero-order chi connectivity index (χ0) is 24.6. The number of hydrogen-bond acceptors (Lipinski definition) is 3. The predicted molar refractivity (Wildman–Crippen MR) is 143 cm³/mol. The van der Waals surface area contributed by atoms with Crippen LogP contribution in [0.15, 0.2) is 42.5 Å². The molecule has 1 saturated carbocycles. The molecule has 35 heavy (non-hydrogen) atoms. The van der Waals surface area contributed by atoms with Crippen LogP contribution in [0.3, 0.4) is 0 Å². The van der Waals surface area contributed by atoms with Crippen molar-refractivity contribution in [3.8, 4) is 5.75 Å². The maximum atomic E-state index is 12.4. The molecule has 0 saturated heterocycles. The Balaban J connectivity index is 1.33. The van der Waals surface area contributed by atoms with Gasteiger partial charge in [0.25, 0.3) is 0 Å². The summed E-state index contributed by atoms with van der Waals surface area (Å²) in [6, 6.07) is 14.8. The fraction of sp³-hybridized carbons (Fsp3) is 0.533. The number of nitrogens with one attached hydrogen (secondary N) is 1. The number of imidazole rings is 1. The number of carbonyl (C=O) groups is 1. The molecule has 1 heterocycles. The van der Waals surface area contributed by atoms with Gasteiger partial charge in [-0.05, 0) is 67.9 Å². The van der Waals surface area contributed by atoms with E-state index in [4.69, 9.17) is 9.72 Å². The number of amides is 1. The molecule has 1 amide bonds. The number of benzene rings is 2. The summed E-state index contributed by atoms with van der Waals surface area (Å²) in [5.74, 6) is 3.00. The third-order valence-electron chi connectivity index (χ3n) is 7.16. The Morgan fingerprint density at radius 3 is 2.71 bits per heavy atom. The molecular formula is C30H41N3O2. The third kappa shape index (κ3) is 6.65. The summed E-state index contributed by atoms with van der Waals surface area (Å²) in [5, 5.41) is 3.17. The molecule has 2 aromatic carbocycles. The number of para-hydroxylation sites is 2. The van der Waals surface area contributed by atoms with Gasteiger partial charge in [0.2, 0.25) is 5.91 Å². The summed E-state index contributed by atoms with van der Waals surface area (Å²) in [4.78, 5) is 17.4. The van der Waals surface area contributed by atoms with Crippen molar-refractivity contribution < 1.29 is 9.53 Å². The number of aromatic nitrogens is 2. The Labute approximate surface area is 210 Å². The van der Waals surface area contributed by atoms with Gasteiger partial charge in [-0.2, -0.15) is 0 Å². The number of carbonyl (C=O) groups excluding carboxylic acids is 1. The number of ether oxygens (including phenoxy) is 1. The lowest BCUT2D eigenvalue weighted by atomic mass is 9.89. The SMILES string of the molecule is Cc1ccc(C(C)C)c(OCCCn2c(CCCNC(=O)C3CCCCC3)nc3ccccc32)c1. The van der Waals surface area contributed by atoms with Crippen molar-refractivity contribution in [3.63, 3.8) is 0 Å². The van der Waals surface area contributed by atoms with Gasteiger partial charge in [0.05, 0.1) is 17.6 Å². The summed E-state index contributed by atoms with van der Waals surface area (Å²) in [6.07, 6.45) is 8.42. The Hall–Kier alpha value is -2.82. The van der Waals surface area contributed by atoms with Crippen LogP contribution in [0, 0.1) is 12.8 Å². The lowest BCUT2D eigenvalue weighted by molar-refractivity contribution is -0.125. The number of hydrogen-bond donors (Lipinski definition) is 1. The molecule has 3 aromatic rings. The van der Waals surface area contributed by atoms with Crippen molar-refractivity contribution in [2.45, 2.75) is 84.6 Å². The molecule has 0 radical (unpaired) electrons. The topological polar surface area (TPSA) is 56.1 Å². The Bertz CT molecular complexity index is 1110. The van der Waals surface area contributed by atoms with E-state index in [-0.39, 0.29) is 11.8 Å². The highest BCUT2D eigenvalue weighted by atomic mass is 16.5. The summed E-state index contributed by atoms with van der Waals surface area (Å²) >= 11 is 0. The molecule has 0 atom stereocenters. The zero-order valence-corrected chi connectivity index (χ0v) is 21.7. The quantitative estimate of drug-likeness (QED) is 0.319. The van der Waals surface area contributed by atoms with Gasteiger partial charge < -0.3 is 14.6 Å². The van der Waals surface area contributed by atoms with Gasteiger partial charge in [-0.3, -0.25) is 4.79 Å². The van der Waals surface area contributed by atoms with E-state index >= 15 is 0 Å². The summed E-state index contributed by atoms with van der Waals surface area (Å²) < 4.78 is 8.57. The van der Waals surface area contributed by atoms with Crippen molar-refractivity contribution in [2.24, 2.45) is 5.92 Å². The molecule has 5 heteroatoms. The standard InChI is InChI=1S/C30H41N3O2/c1-22(2)25-17-16-23(3)21-28(25)35-20-10-19-33-27-14-8-7-13-26(27)32-29(33)15-9-18-31-30(34)24-11-5-4-6-12-24/h7-8,13-14,16-17,21-22,24H,4-6,9-12,15,18-20H2,1-3H3,(H,31,34). The number of fused-ring (bicyclic) bond motifs is 1. The molecule has 188 valence electrons. The van der Waals surface area contributed by atoms with Gasteiger partial charge in [0, 0.05) is 25.4 Å².